The Balaban J connectivity index is 1.41. The first kappa shape index (κ1) is 20.8. The van der Waals surface area contributed by atoms with E-state index in [1.807, 2.05) is 62.5 Å². The molecule has 0 spiro atoms. The normalized spacial score (nSPS) is 14.9. The maximum atomic E-state index is 5.96. The standard InChI is InChI=1S/C26H25N5O2/c1-17-13-19(11-12-27-17)21-10-9-20(14-23(21)32-3)29-26-28-15-24-25(30-26)31(2)22(16-33-24)18-7-5-4-6-8-18/h4-15,22H,16H2,1-3H3,(H,28,29,30). The molecule has 2 aromatic heterocycles. The van der Waals surface area contributed by atoms with Crippen LogP contribution in [0.4, 0.5) is 17.5 Å². The lowest BCUT2D eigenvalue weighted by molar-refractivity contribution is 0.265. The van der Waals surface area contributed by atoms with Crippen molar-refractivity contribution in [1.82, 2.24) is 15.0 Å². The van der Waals surface area contributed by atoms with Gasteiger partial charge in [0.05, 0.1) is 19.3 Å². The Hall–Kier alpha value is -4.13. The predicted octanol–water partition coefficient (Wildman–Crippen LogP) is 5.17. The van der Waals surface area contributed by atoms with Crippen LogP contribution < -0.4 is 19.7 Å². The summed E-state index contributed by atoms with van der Waals surface area (Å²) >= 11 is 0. The van der Waals surface area contributed by atoms with E-state index in [0.29, 0.717) is 18.3 Å². The topological polar surface area (TPSA) is 72.4 Å². The van der Waals surface area contributed by atoms with Crippen LogP contribution in [0.25, 0.3) is 11.1 Å². The second kappa shape index (κ2) is 8.78. The van der Waals surface area contributed by atoms with Crippen LogP contribution in [-0.2, 0) is 0 Å². The van der Waals surface area contributed by atoms with E-state index in [1.165, 1.54) is 5.56 Å². The molecule has 1 aliphatic rings. The van der Waals surface area contributed by atoms with Gasteiger partial charge < -0.3 is 19.7 Å². The molecule has 0 aliphatic carbocycles. The van der Waals surface area contributed by atoms with Gasteiger partial charge in [0.1, 0.15) is 12.4 Å². The molecule has 1 atom stereocenters. The maximum absolute atomic E-state index is 5.96. The highest BCUT2D eigenvalue weighted by Crippen LogP contribution is 2.38. The number of ether oxygens (including phenoxy) is 2. The van der Waals surface area contributed by atoms with Gasteiger partial charge in [-0.1, -0.05) is 30.3 Å². The second-order valence-electron chi connectivity index (χ2n) is 7.96. The minimum absolute atomic E-state index is 0.0876. The number of fused-ring (bicyclic) bond motifs is 1. The SMILES string of the molecule is COc1cc(Nc2ncc3c(n2)N(C)C(c2ccccc2)CO3)ccc1-c1ccnc(C)c1. The van der Waals surface area contributed by atoms with E-state index in [1.54, 1.807) is 19.5 Å². The van der Waals surface area contributed by atoms with Crippen LogP contribution in [0.1, 0.15) is 17.3 Å². The Morgan fingerprint density at radius 3 is 2.70 bits per heavy atom. The van der Waals surface area contributed by atoms with Crippen molar-refractivity contribution in [3.8, 4) is 22.6 Å². The van der Waals surface area contributed by atoms with Crippen molar-refractivity contribution in [2.75, 3.05) is 31.0 Å². The molecule has 33 heavy (non-hydrogen) atoms. The number of pyridine rings is 1. The van der Waals surface area contributed by atoms with E-state index in [9.17, 15) is 0 Å². The van der Waals surface area contributed by atoms with Gasteiger partial charge in [-0.15, -0.1) is 0 Å². The van der Waals surface area contributed by atoms with Gasteiger partial charge in [-0.3, -0.25) is 4.98 Å². The molecular formula is C26H25N5O2. The monoisotopic (exact) mass is 439 g/mol. The zero-order valence-electron chi connectivity index (χ0n) is 18.8. The zero-order valence-corrected chi connectivity index (χ0v) is 18.8. The van der Waals surface area contributed by atoms with E-state index in [0.717, 1.165) is 34.1 Å². The molecule has 1 aliphatic heterocycles. The number of hydrogen-bond acceptors (Lipinski definition) is 7. The first-order chi connectivity index (χ1) is 16.1. The summed E-state index contributed by atoms with van der Waals surface area (Å²) in [6, 6.07) is 20.4. The summed E-state index contributed by atoms with van der Waals surface area (Å²) in [6.07, 6.45) is 3.52. The van der Waals surface area contributed by atoms with E-state index >= 15 is 0 Å². The third-order valence-electron chi connectivity index (χ3n) is 5.78. The molecular weight excluding hydrogens is 414 g/mol. The number of likely N-dealkylation sites (N-methyl/N-ethyl adjacent to an activating group) is 1. The number of aromatic nitrogens is 3. The second-order valence-corrected chi connectivity index (χ2v) is 7.96. The smallest absolute Gasteiger partial charge is 0.229 e. The van der Waals surface area contributed by atoms with Crippen LogP contribution in [0.5, 0.6) is 11.5 Å². The number of aryl methyl sites for hydroxylation is 1. The van der Waals surface area contributed by atoms with Gasteiger partial charge in [0.25, 0.3) is 0 Å². The quantitative estimate of drug-likeness (QED) is 0.460. The van der Waals surface area contributed by atoms with Gasteiger partial charge in [0.15, 0.2) is 11.6 Å². The lowest BCUT2D eigenvalue weighted by Gasteiger charge is -2.34. The number of rotatable bonds is 5. The minimum atomic E-state index is 0.0876. The molecule has 166 valence electrons. The Bertz CT molecular complexity index is 1280. The van der Waals surface area contributed by atoms with Gasteiger partial charge >= 0.3 is 0 Å². The lowest BCUT2D eigenvalue weighted by atomic mass is 10.0. The molecule has 0 saturated heterocycles. The first-order valence-corrected chi connectivity index (χ1v) is 10.8. The van der Waals surface area contributed by atoms with Crippen molar-refractivity contribution in [3.63, 3.8) is 0 Å². The van der Waals surface area contributed by atoms with Gasteiger partial charge in [-0.25, -0.2) is 4.98 Å². The molecule has 0 fully saturated rings. The molecule has 0 saturated carbocycles. The van der Waals surface area contributed by atoms with Crippen LogP contribution >= 0.6 is 0 Å². The largest absolute Gasteiger partial charge is 0.496 e. The summed E-state index contributed by atoms with van der Waals surface area (Å²) < 4.78 is 11.6. The molecule has 7 nitrogen and oxygen atoms in total. The number of nitrogens with one attached hydrogen (secondary N) is 1. The third kappa shape index (κ3) is 4.17. The fourth-order valence-corrected chi connectivity index (χ4v) is 4.05. The highest BCUT2D eigenvalue weighted by molar-refractivity contribution is 5.74. The molecule has 0 bridgehead atoms. The van der Waals surface area contributed by atoms with Gasteiger partial charge in [0.2, 0.25) is 5.95 Å². The van der Waals surface area contributed by atoms with E-state index < -0.39 is 0 Å². The molecule has 2 aromatic carbocycles. The number of nitrogens with zero attached hydrogens (tertiary/aromatic N) is 4. The molecule has 0 amide bonds. The Kier molecular flexibility index (Phi) is 5.52. The van der Waals surface area contributed by atoms with Crippen LogP contribution in [0.3, 0.4) is 0 Å². The minimum Gasteiger partial charge on any atom is -0.496 e. The van der Waals surface area contributed by atoms with E-state index in [4.69, 9.17) is 14.5 Å². The fourth-order valence-electron chi connectivity index (χ4n) is 4.05. The summed E-state index contributed by atoms with van der Waals surface area (Å²) in [5.41, 5.74) is 5.03. The number of anilines is 3. The molecule has 5 rings (SSSR count). The average Bonchev–Trinajstić information content (AvgIpc) is 2.85. The van der Waals surface area contributed by atoms with E-state index in [2.05, 4.69) is 32.3 Å². The van der Waals surface area contributed by atoms with Gasteiger partial charge in [-0.2, -0.15) is 4.98 Å². The summed E-state index contributed by atoms with van der Waals surface area (Å²) in [6.45, 7) is 2.53. The Morgan fingerprint density at radius 1 is 1.06 bits per heavy atom. The summed E-state index contributed by atoms with van der Waals surface area (Å²) in [4.78, 5) is 15.6. The van der Waals surface area contributed by atoms with Crippen LogP contribution in [0.15, 0.2) is 73.1 Å². The predicted molar refractivity (Wildman–Crippen MR) is 129 cm³/mol. The molecule has 4 aromatic rings. The number of hydrogen-bond donors (Lipinski definition) is 1. The van der Waals surface area contributed by atoms with Crippen molar-refractivity contribution in [2.24, 2.45) is 0 Å². The highest BCUT2D eigenvalue weighted by Gasteiger charge is 2.28. The van der Waals surface area contributed by atoms with E-state index in [-0.39, 0.29) is 6.04 Å². The average molecular weight is 440 g/mol. The zero-order chi connectivity index (χ0) is 22.8. The fraction of sp³-hybridized carbons (Fsp3) is 0.192. The van der Waals surface area contributed by atoms with Crippen LogP contribution in [0.2, 0.25) is 0 Å². The van der Waals surface area contributed by atoms with Crippen molar-refractivity contribution in [1.29, 1.82) is 0 Å². The Morgan fingerprint density at radius 2 is 1.91 bits per heavy atom. The van der Waals surface area contributed by atoms with Gasteiger partial charge in [0, 0.05) is 36.3 Å². The molecule has 3 heterocycles. The molecule has 7 heteroatoms. The van der Waals surface area contributed by atoms with Crippen LogP contribution in [0, 0.1) is 6.92 Å². The van der Waals surface area contributed by atoms with Crippen molar-refractivity contribution < 1.29 is 9.47 Å². The molecule has 1 N–H and O–H groups in total. The summed E-state index contributed by atoms with van der Waals surface area (Å²) in [5.74, 6) is 2.68. The maximum Gasteiger partial charge on any atom is 0.229 e. The number of benzene rings is 2. The Labute approximate surface area is 193 Å². The first-order valence-electron chi connectivity index (χ1n) is 10.8. The number of methoxy groups -OCH3 is 1. The van der Waals surface area contributed by atoms with Crippen molar-refractivity contribution in [3.05, 3.63) is 84.3 Å². The highest BCUT2D eigenvalue weighted by atomic mass is 16.5. The lowest BCUT2D eigenvalue weighted by Crippen LogP contribution is -2.34. The third-order valence-corrected chi connectivity index (χ3v) is 5.78. The molecule has 1 unspecified atom stereocenters. The summed E-state index contributed by atoms with van der Waals surface area (Å²) in [7, 11) is 3.70. The van der Waals surface area contributed by atoms with Crippen molar-refractivity contribution >= 4 is 17.5 Å². The summed E-state index contributed by atoms with van der Waals surface area (Å²) in [5, 5.41) is 3.30. The van der Waals surface area contributed by atoms with Gasteiger partial charge in [-0.05, 0) is 42.3 Å². The van der Waals surface area contributed by atoms with Crippen LogP contribution in [-0.4, -0.2) is 35.7 Å². The van der Waals surface area contributed by atoms with Crippen molar-refractivity contribution in [2.45, 2.75) is 13.0 Å². The molecule has 0 radical (unpaired) electrons.